The smallest absolute Gasteiger partial charge is 0.161 e. The summed E-state index contributed by atoms with van der Waals surface area (Å²) in [7, 11) is -2.98. The summed E-state index contributed by atoms with van der Waals surface area (Å²) >= 11 is 0. The Morgan fingerprint density at radius 3 is 1.22 bits per heavy atom. The molecule has 3 rings (SSSR count). The summed E-state index contributed by atoms with van der Waals surface area (Å²) in [5.41, 5.74) is 0. The van der Waals surface area contributed by atoms with Crippen LogP contribution in [0.2, 0.25) is 0 Å². The molecule has 0 N–H and O–H groups in total. The fourth-order valence-corrected chi connectivity index (χ4v) is 9.39. The predicted octanol–water partition coefficient (Wildman–Crippen LogP) is 7.28. The van der Waals surface area contributed by atoms with E-state index in [0.29, 0.717) is 0 Å². The second kappa shape index (κ2) is 9.94. The lowest BCUT2D eigenvalue weighted by Crippen LogP contribution is -2.43. The van der Waals surface area contributed by atoms with Crippen LogP contribution in [0.5, 0.6) is 0 Å². The van der Waals surface area contributed by atoms with E-state index in [4.69, 9.17) is 0 Å². The first-order valence-electron chi connectivity index (χ1n) is 12.0. The Bertz CT molecular complexity index is 535. The van der Waals surface area contributed by atoms with Gasteiger partial charge in [0.05, 0.1) is 9.49 Å². The van der Waals surface area contributed by atoms with Gasteiger partial charge in [0.15, 0.2) is 9.84 Å². The van der Waals surface area contributed by atoms with Gasteiger partial charge in [0.1, 0.15) is 0 Å². The van der Waals surface area contributed by atoms with Crippen LogP contribution in [0.15, 0.2) is 12.2 Å². The molecule has 2 unspecified atom stereocenters. The molecule has 0 aromatic rings. The van der Waals surface area contributed by atoms with Crippen molar-refractivity contribution in [1.29, 1.82) is 0 Å². The molecule has 2 bridgehead atoms. The molecule has 0 aromatic carbocycles. The largest absolute Gasteiger partial charge is 0.228 e. The van der Waals surface area contributed by atoms with Gasteiger partial charge in [-0.2, -0.15) is 0 Å². The van der Waals surface area contributed by atoms with E-state index in [1.807, 2.05) is 0 Å². The third-order valence-corrected chi connectivity index (χ3v) is 11.4. The molecule has 2 atom stereocenters. The van der Waals surface area contributed by atoms with Crippen LogP contribution < -0.4 is 0 Å². The molecule has 3 aliphatic rings. The van der Waals surface area contributed by atoms with Crippen molar-refractivity contribution in [1.82, 2.24) is 0 Å². The van der Waals surface area contributed by atoms with Crippen molar-refractivity contribution in [3.63, 3.8) is 0 Å². The Morgan fingerprint density at radius 1 is 0.444 bits per heavy atom. The molecule has 0 aliphatic carbocycles. The zero-order valence-electron chi connectivity index (χ0n) is 17.5. The van der Waals surface area contributed by atoms with E-state index in [1.165, 1.54) is 64.2 Å². The van der Waals surface area contributed by atoms with Crippen molar-refractivity contribution >= 4 is 9.84 Å². The van der Waals surface area contributed by atoms with Crippen LogP contribution in [0.25, 0.3) is 0 Å². The Labute approximate surface area is 168 Å². The number of rotatable bonds is 0. The Hall–Kier alpha value is -0.310. The first kappa shape index (κ1) is 21.4. The van der Waals surface area contributed by atoms with E-state index >= 15 is 0 Å². The van der Waals surface area contributed by atoms with Crippen molar-refractivity contribution in [3.8, 4) is 0 Å². The molecule has 156 valence electrons. The highest BCUT2D eigenvalue weighted by molar-refractivity contribution is 7.94. The van der Waals surface area contributed by atoms with Gasteiger partial charge in [-0.3, -0.25) is 0 Å². The van der Waals surface area contributed by atoms with Gasteiger partial charge in [-0.15, -0.1) is 0 Å². The molecule has 0 radical (unpaired) electrons. The number of hydrogen-bond acceptors (Lipinski definition) is 2. The molecular weight excluding hydrogens is 352 g/mol. The molecule has 0 aromatic heterocycles. The summed E-state index contributed by atoms with van der Waals surface area (Å²) < 4.78 is 26.8. The Morgan fingerprint density at radius 2 is 0.778 bits per heavy atom. The van der Waals surface area contributed by atoms with Crippen LogP contribution in [0.3, 0.4) is 0 Å². The maximum Gasteiger partial charge on any atom is 0.161 e. The number of allylic oxidation sites excluding steroid dienone is 2. The quantitative estimate of drug-likeness (QED) is 0.405. The lowest BCUT2D eigenvalue weighted by atomic mass is 9.81. The zero-order chi connectivity index (χ0) is 19.1. The topological polar surface area (TPSA) is 34.1 Å². The summed E-state index contributed by atoms with van der Waals surface area (Å²) in [6.07, 6.45) is 27.6. The zero-order valence-corrected chi connectivity index (χ0v) is 18.3. The summed E-state index contributed by atoms with van der Waals surface area (Å²) in [5.74, 6) is 0. The van der Waals surface area contributed by atoms with Crippen molar-refractivity contribution in [2.45, 2.75) is 138 Å². The Balaban J connectivity index is 1.67. The fraction of sp³-hybridized carbons (Fsp3) is 0.917. The van der Waals surface area contributed by atoms with Gasteiger partial charge in [-0.05, 0) is 64.2 Å². The standard InChI is InChI=1S/C24H42O2S/c25-27(26)23-17-13-11-9-7-5-3-1-2-4-6-8-10-12-14-18-24(27,22-21-23)20-16-15-19-23/h1-2H,3-22H2/b2-1-. The highest BCUT2D eigenvalue weighted by Gasteiger charge is 2.61. The third-order valence-electron chi connectivity index (χ3n) is 7.86. The highest BCUT2D eigenvalue weighted by Crippen LogP contribution is 2.56. The van der Waals surface area contributed by atoms with Gasteiger partial charge in [0, 0.05) is 0 Å². The molecule has 3 heteroatoms. The normalized spacial score (nSPS) is 38.1. The molecule has 2 nitrogen and oxygen atoms in total. The van der Waals surface area contributed by atoms with Gasteiger partial charge in [0.2, 0.25) is 0 Å². The summed E-state index contributed by atoms with van der Waals surface area (Å²) in [6, 6.07) is 0. The van der Waals surface area contributed by atoms with Gasteiger partial charge < -0.3 is 0 Å². The van der Waals surface area contributed by atoms with Gasteiger partial charge in [-0.1, -0.05) is 76.4 Å². The van der Waals surface area contributed by atoms with Crippen LogP contribution in [-0.2, 0) is 9.84 Å². The predicted molar refractivity (Wildman–Crippen MR) is 116 cm³/mol. The van der Waals surface area contributed by atoms with E-state index in [1.54, 1.807) is 0 Å². The average Bonchev–Trinajstić information content (AvgIpc) is 2.77. The third kappa shape index (κ3) is 4.82. The minimum atomic E-state index is -2.98. The van der Waals surface area contributed by atoms with E-state index in [-0.39, 0.29) is 9.49 Å². The summed E-state index contributed by atoms with van der Waals surface area (Å²) in [6.45, 7) is 0. The van der Waals surface area contributed by atoms with Crippen molar-refractivity contribution in [2.24, 2.45) is 0 Å². The lowest BCUT2D eigenvalue weighted by Gasteiger charge is -2.32. The van der Waals surface area contributed by atoms with Gasteiger partial charge in [0.25, 0.3) is 0 Å². The number of hydrogen-bond donors (Lipinski definition) is 0. The lowest BCUT2D eigenvalue weighted by molar-refractivity contribution is 0.367. The monoisotopic (exact) mass is 394 g/mol. The molecule has 3 heterocycles. The first-order chi connectivity index (χ1) is 13.1. The first-order valence-corrected chi connectivity index (χ1v) is 13.5. The molecule has 2 saturated heterocycles. The van der Waals surface area contributed by atoms with Crippen LogP contribution in [-0.4, -0.2) is 17.9 Å². The maximum atomic E-state index is 13.8. The van der Waals surface area contributed by atoms with E-state index < -0.39 is 9.84 Å². The second-order valence-electron chi connectivity index (χ2n) is 9.66. The van der Waals surface area contributed by atoms with E-state index in [2.05, 4.69) is 12.2 Å². The second-order valence-corrected chi connectivity index (χ2v) is 12.4. The molecule has 0 spiro atoms. The molecule has 3 aliphatic heterocycles. The fourth-order valence-electron chi connectivity index (χ4n) is 6.08. The molecule has 27 heavy (non-hydrogen) atoms. The van der Waals surface area contributed by atoms with E-state index in [9.17, 15) is 8.42 Å². The van der Waals surface area contributed by atoms with Crippen LogP contribution >= 0.6 is 0 Å². The minimum Gasteiger partial charge on any atom is -0.228 e. The average molecular weight is 395 g/mol. The van der Waals surface area contributed by atoms with Crippen molar-refractivity contribution < 1.29 is 8.42 Å². The van der Waals surface area contributed by atoms with Crippen LogP contribution in [0, 0.1) is 0 Å². The molecule has 2 fully saturated rings. The molecular formula is C24H42O2S. The van der Waals surface area contributed by atoms with Crippen LogP contribution in [0.4, 0.5) is 0 Å². The van der Waals surface area contributed by atoms with Gasteiger partial charge >= 0.3 is 0 Å². The minimum absolute atomic E-state index is 0.352. The number of sulfone groups is 1. The van der Waals surface area contributed by atoms with Crippen LogP contribution in [0.1, 0.15) is 128 Å². The van der Waals surface area contributed by atoms with E-state index in [0.717, 1.165) is 64.2 Å². The summed E-state index contributed by atoms with van der Waals surface area (Å²) in [4.78, 5) is 0. The van der Waals surface area contributed by atoms with Gasteiger partial charge in [-0.25, -0.2) is 8.42 Å². The Kier molecular flexibility index (Phi) is 7.88. The van der Waals surface area contributed by atoms with Crippen molar-refractivity contribution in [2.75, 3.05) is 0 Å². The highest BCUT2D eigenvalue weighted by atomic mass is 32.2. The maximum absolute atomic E-state index is 13.8. The molecule has 0 saturated carbocycles. The van der Waals surface area contributed by atoms with Crippen molar-refractivity contribution in [3.05, 3.63) is 12.2 Å². The molecule has 0 amide bonds. The summed E-state index contributed by atoms with van der Waals surface area (Å²) in [5, 5.41) is 0. The SMILES string of the molecule is O=S1(=O)C23CCCCCCC/C=C\CCCCCCCC1(CCCC2)CC3.